The molecule has 3 rings (SSSR count). The van der Waals surface area contributed by atoms with Crippen LogP contribution >= 0.6 is 0 Å². The number of nitrogens with zero attached hydrogens (tertiary/aromatic N) is 2. The van der Waals surface area contributed by atoms with Crippen LogP contribution in [0.5, 0.6) is 0 Å². The average molecular weight is 290 g/mol. The fourth-order valence-electron chi connectivity index (χ4n) is 2.13. The van der Waals surface area contributed by atoms with E-state index in [1.54, 1.807) is 6.92 Å². The van der Waals surface area contributed by atoms with Crippen LogP contribution in [0.4, 0.5) is 5.82 Å². The van der Waals surface area contributed by atoms with Gasteiger partial charge in [-0.3, -0.25) is 4.79 Å². The number of ketones is 1. The van der Waals surface area contributed by atoms with E-state index < -0.39 is 0 Å². The molecule has 0 atom stereocenters. The minimum atomic E-state index is 0.0732. The minimum Gasteiger partial charge on any atom is -0.295 e. The van der Waals surface area contributed by atoms with Crippen molar-refractivity contribution in [2.24, 2.45) is 0 Å². The van der Waals surface area contributed by atoms with Crippen LogP contribution in [0.2, 0.25) is 0 Å². The normalized spacial score (nSPS) is 10.2. The largest absolute Gasteiger partial charge is 0.295 e. The standard InChI is InChI=1S/C18H15N3O/c1-14(22)15-5-7-16(8-6-15)17-9-10-18(19-13-17)20-21-11-3-2-4-12-21/h2-13H,1H3/p+1. The first-order valence-corrected chi connectivity index (χ1v) is 7.03. The maximum Gasteiger partial charge on any atom is 0.199 e. The molecule has 2 heterocycles. The molecule has 22 heavy (non-hydrogen) atoms. The van der Waals surface area contributed by atoms with Gasteiger partial charge in [0.2, 0.25) is 0 Å². The first-order chi connectivity index (χ1) is 10.7. The number of anilines is 1. The van der Waals surface area contributed by atoms with Crippen molar-refractivity contribution >= 4 is 11.6 Å². The van der Waals surface area contributed by atoms with Crippen molar-refractivity contribution in [2.45, 2.75) is 6.92 Å². The number of nitrogens with one attached hydrogen (secondary N) is 1. The second kappa shape index (κ2) is 6.18. The van der Waals surface area contributed by atoms with Crippen molar-refractivity contribution in [3.05, 3.63) is 78.8 Å². The van der Waals surface area contributed by atoms with Crippen LogP contribution in [0.1, 0.15) is 17.3 Å². The molecular weight excluding hydrogens is 274 g/mol. The molecule has 0 aliphatic rings. The zero-order chi connectivity index (χ0) is 15.4. The Kier molecular flexibility index (Phi) is 3.92. The first kappa shape index (κ1) is 13.9. The van der Waals surface area contributed by atoms with Gasteiger partial charge in [-0.05, 0) is 24.6 Å². The molecule has 1 N–H and O–H groups in total. The minimum absolute atomic E-state index is 0.0732. The molecule has 0 radical (unpaired) electrons. The van der Waals surface area contributed by atoms with Gasteiger partial charge in [-0.2, -0.15) is 0 Å². The molecule has 0 aliphatic heterocycles. The summed E-state index contributed by atoms with van der Waals surface area (Å²) in [7, 11) is 0. The number of carbonyl (C=O) groups is 1. The molecule has 2 aromatic heterocycles. The molecule has 3 aromatic rings. The maximum atomic E-state index is 11.3. The van der Waals surface area contributed by atoms with Gasteiger partial charge in [-0.15, -0.1) is 5.43 Å². The summed E-state index contributed by atoms with van der Waals surface area (Å²) in [6.45, 7) is 1.57. The number of Topliss-reactive ketones (excluding diaryl/α,β-unsaturated/α-hetero) is 1. The molecule has 0 aliphatic carbocycles. The number of hydrogen-bond donors (Lipinski definition) is 1. The second-order valence-corrected chi connectivity index (χ2v) is 4.96. The van der Waals surface area contributed by atoms with Crippen molar-refractivity contribution < 1.29 is 9.47 Å². The Balaban J connectivity index is 1.77. The van der Waals surface area contributed by atoms with Crippen LogP contribution in [0.3, 0.4) is 0 Å². The fourth-order valence-corrected chi connectivity index (χ4v) is 2.13. The SMILES string of the molecule is CC(=O)c1ccc(-c2ccc(N[n+]3ccccc3)nc2)cc1. The van der Waals surface area contributed by atoms with Crippen LogP contribution < -0.4 is 10.1 Å². The van der Waals surface area contributed by atoms with Gasteiger partial charge in [0.25, 0.3) is 0 Å². The second-order valence-electron chi connectivity index (χ2n) is 4.96. The highest BCUT2D eigenvalue weighted by Gasteiger charge is 2.04. The molecule has 0 fully saturated rings. The average Bonchev–Trinajstić information content (AvgIpc) is 2.57. The van der Waals surface area contributed by atoms with Crippen molar-refractivity contribution in [1.29, 1.82) is 0 Å². The summed E-state index contributed by atoms with van der Waals surface area (Å²) >= 11 is 0. The zero-order valence-corrected chi connectivity index (χ0v) is 12.2. The van der Waals surface area contributed by atoms with Crippen LogP contribution in [0.15, 0.2) is 73.2 Å². The molecule has 4 nitrogen and oxygen atoms in total. The predicted molar refractivity (Wildman–Crippen MR) is 85.3 cm³/mol. The summed E-state index contributed by atoms with van der Waals surface area (Å²) in [4.78, 5) is 15.7. The van der Waals surface area contributed by atoms with Gasteiger partial charge in [-0.1, -0.05) is 35.0 Å². The van der Waals surface area contributed by atoms with Gasteiger partial charge in [0.1, 0.15) is 0 Å². The Morgan fingerprint density at radius 2 is 1.64 bits per heavy atom. The van der Waals surface area contributed by atoms with Gasteiger partial charge >= 0.3 is 0 Å². The maximum absolute atomic E-state index is 11.3. The van der Waals surface area contributed by atoms with E-state index in [0.717, 1.165) is 22.5 Å². The Hall–Kier alpha value is -3.01. The lowest BCUT2D eigenvalue weighted by Gasteiger charge is -2.04. The van der Waals surface area contributed by atoms with Crippen LogP contribution in [0.25, 0.3) is 11.1 Å². The van der Waals surface area contributed by atoms with Gasteiger partial charge in [-0.25, -0.2) is 4.98 Å². The van der Waals surface area contributed by atoms with E-state index >= 15 is 0 Å². The smallest absolute Gasteiger partial charge is 0.199 e. The Morgan fingerprint density at radius 1 is 0.955 bits per heavy atom. The summed E-state index contributed by atoms with van der Waals surface area (Å²) in [6.07, 6.45) is 5.64. The highest BCUT2D eigenvalue weighted by Crippen LogP contribution is 2.20. The molecule has 0 unspecified atom stereocenters. The summed E-state index contributed by atoms with van der Waals surface area (Å²) in [5, 5.41) is 0. The third-order valence-corrected chi connectivity index (χ3v) is 3.35. The zero-order valence-electron chi connectivity index (χ0n) is 12.2. The van der Waals surface area contributed by atoms with Gasteiger partial charge in [0, 0.05) is 29.5 Å². The van der Waals surface area contributed by atoms with Crippen LogP contribution in [0, 0.1) is 0 Å². The van der Waals surface area contributed by atoms with Crippen molar-refractivity contribution in [1.82, 2.24) is 4.98 Å². The lowest BCUT2D eigenvalue weighted by atomic mass is 10.0. The summed E-state index contributed by atoms with van der Waals surface area (Å²) in [5.74, 6) is 0.837. The number of rotatable bonds is 4. The lowest BCUT2D eigenvalue weighted by Crippen LogP contribution is -2.41. The molecule has 108 valence electrons. The summed E-state index contributed by atoms with van der Waals surface area (Å²) in [6, 6.07) is 17.3. The molecule has 0 amide bonds. The number of hydrogen-bond acceptors (Lipinski definition) is 3. The van der Waals surface area contributed by atoms with E-state index in [2.05, 4.69) is 10.4 Å². The molecular formula is C18H16N3O+. The monoisotopic (exact) mass is 290 g/mol. The van der Waals surface area contributed by atoms with Crippen LogP contribution in [-0.4, -0.2) is 10.8 Å². The number of pyridine rings is 2. The van der Waals surface area contributed by atoms with Gasteiger partial charge in [0.05, 0.1) is 0 Å². The topological polar surface area (TPSA) is 45.9 Å². The number of benzene rings is 1. The van der Waals surface area contributed by atoms with Crippen molar-refractivity contribution in [2.75, 3.05) is 5.43 Å². The molecule has 4 heteroatoms. The number of carbonyl (C=O) groups excluding carboxylic acids is 1. The summed E-state index contributed by atoms with van der Waals surface area (Å²) < 4.78 is 1.84. The molecule has 0 spiro atoms. The van der Waals surface area contributed by atoms with Gasteiger partial charge in [0.15, 0.2) is 24.0 Å². The quantitative estimate of drug-likeness (QED) is 0.593. The Bertz CT molecular complexity index is 766. The third kappa shape index (κ3) is 3.17. The fraction of sp³-hybridized carbons (Fsp3) is 0.0556. The van der Waals surface area contributed by atoms with E-state index in [0.29, 0.717) is 0 Å². The van der Waals surface area contributed by atoms with E-state index in [4.69, 9.17) is 0 Å². The van der Waals surface area contributed by atoms with E-state index in [1.807, 2.05) is 77.9 Å². The molecule has 0 saturated carbocycles. The van der Waals surface area contributed by atoms with Crippen molar-refractivity contribution in [3.63, 3.8) is 0 Å². The van der Waals surface area contributed by atoms with Gasteiger partial charge < -0.3 is 0 Å². The lowest BCUT2D eigenvalue weighted by molar-refractivity contribution is -0.643. The molecule has 0 bridgehead atoms. The summed E-state index contributed by atoms with van der Waals surface area (Å²) in [5.41, 5.74) is 5.94. The Morgan fingerprint density at radius 3 is 2.23 bits per heavy atom. The molecule has 1 aromatic carbocycles. The van der Waals surface area contributed by atoms with Crippen molar-refractivity contribution in [3.8, 4) is 11.1 Å². The highest BCUT2D eigenvalue weighted by atomic mass is 16.1. The highest BCUT2D eigenvalue weighted by molar-refractivity contribution is 5.94. The number of aromatic nitrogens is 2. The van der Waals surface area contributed by atoms with Crippen LogP contribution in [-0.2, 0) is 0 Å². The Labute approximate surface area is 129 Å². The predicted octanol–water partition coefficient (Wildman–Crippen LogP) is 3.11. The first-order valence-electron chi connectivity index (χ1n) is 7.03. The van der Waals surface area contributed by atoms with E-state index in [1.165, 1.54) is 0 Å². The van der Waals surface area contributed by atoms with E-state index in [9.17, 15) is 4.79 Å². The van der Waals surface area contributed by atoms with E-state index in [-0.39, 0.29) is 5.78 Å². The third-order valence-electron chi connectivity index (χ3n) is 3.35. The molecule has 0 saturated heterocycles.